The highest BCUT2D eigenvalue weighted by atomic mass is 19.1. The molecule has 2 rings (SSSR count). The Bertz CT molecular complexity index is 352. The molecule has 0 spiro atoms. The van der Waals surface area contributed by atoms with Gasteiger partial charge in [-0.05, 0) is 42.5 Å². The first kappa shape index (κ1) is 11.4. The number of aliphatic hydroxyl groups excluding tert-OH is 1. The van der Waals surface area contributed by atoms with Crippen molar-refractivity contribution in [2.24, 2.45) is 0 Å². The van der Waals surface area contributed by atoms with Crippen molar-refractivity contribution < 1.29 is 14.2 Å². The number of benzene rings is 1. The van der Waals surface area contributed by atoms with E-state index in [4.69, 9.17) is 4.74 Å². The van der Waals surface area contributed by atoms with E-state index in [0.29, 0.717) is 13.0 Å². The zero-order valence-electron chi connectivity index (χ0n) is 9.29. The number of aliphatic hydroxyl groups is 1. The second-order valence-electron chi connectivity index (χ2n) is 4.16. The monoisotopic (exact) mass is 224 g/mol. The minimum Gasteiger partial charge on any atom is -0.493 e. The Morgan fingerprint density at radius 3 is 3.12 bits per heavy atom. The van der Waals surface area contributed by atoms with Crippen LogP contribution in [0.25, 0.3) is 0 Å². The summed E-state index contributed by atoms with van der Waals surface area (Å²) < 4.78 is 17.3. The molecule has 1 aromatic carbocycles. The first-order valence-corrected chi connectivity index (χ1v) is 5.81. The molecule has 88 valence electrons. The maximum Gasteiger partial charge on any atom is 0.119 e. The van der Waals surface area contributed by atoms with Gasteiger partial charge in [0.1, 0.15) is 5.75 Å². The van der Waals surface area contributed by atoms with Crippen LogP contribution >= 0.6 is 0 Å². The lowest BCUT2D eigenvalue weighted by atomic mass is 9.89. The Labute approximate surface area is 95.1 Å². The summed E-state index contributed by atoms with van der Waals surface area (Å²) in [5.74, 6) is 0.730. The summed E-state index contributed by atoms with van der Waals surface area (Å²) in [7, 11) is 0. The van der Waals surface area contributed by atoms with Crippen molar-refractivity contribution in [3.63, 3.8) is 0 Å². The van der Waals surface area contributed by atoms with Gasteiger partial charge in [-0.1, -0.05) is 6.07 Å². The lowest BCUT2D eigenvalue weighted by Gasteiger charge is -2.21. The number of aryl methyl sites for hydroxylation is 1. The molecule has 0 amide bonds. The number of hydrogen-bond donors (Lipinski definition) is 1. The highest BCUT2D eigenvalue weighted by molar-refractivity contribution is 5.38. The Morgan fingerprint density at radius 1 is 1.44 bits per heavy atom. The molecule has 1 aliphatic rings. The lowest BCUT2D eigenvalue weighted by Crippen LogP contribution is -2.09. The Hall–Kier alpha value is -1.09. The molecule has 0 heterocycles. The van der Waals surface area contributed by atoms with Crippen molar-refractivity contribution in [3.05, 3.63) is 29.3 Å². The highest BCUT2D eigenvalue weighted by Crippen LogP contribution is 2.32. The second-order valence-corrected chi connectivity index (χ2v) is 4.16. The van der Waals surface area contributed by atoms with Gasteiger partial charge in [-0.15, -0.1) is 0 Å². The van der Waals surface area contributed by atoms with Gasteiger partial charge in [-0.2, -0.15) is 0 Å². The molecule has 1 atom stereocenters. The minimum absolute atomic E-state index is 0.354. The molecule has 3 heteroatoms. The molecule has 0 bridgehead atoms. The van der Waals surface area contributed by atoms with Crippen molar-refractivity contribution in [2.75, 3.05) is 13.3 Å². The van der Waals surface area contributed by atoms with Crippen LogP contribution in [0.5, 0.6) is 5.75 Å². The van der Waals surface area contributed by atoms with Crippen LogP contribution in [-0.2, 0) is 6.42 Å². The summed E-state index contributed by atoms with van der Waals surface area (Å²) in [4.78, 5) is 0. The van der Waals surface area contributed by atoms with E-state index in [-0.39, 0.29) is 12.8 Å². The van der Waals surface area contributed by atoms with Crippen LogP contribution in [0.15, 0.2) is 18.2 Å². The topological polar surface area (TPSA) is 29.5 Å². The van der Waals surface area contributed by atoms with E-state index in [1.807, 2.05) is 18.2 Å². The Morgan fingerprint density at radius 2 is 2.31 bits per heavy atom. The van der Waals surface area contributed by atoms with E-state index < -0.39 is 0 Å². The summed E-state index contributed by atoms with van der Waals surface area (Å²) >= 11 is 0. The van der Waals surface area contributed by atoms with Crippen LogP contribution in [0.4, 0.5) is 4.39 Å². The number of rotatable bonds is 4. The fraction of sp³-hybridized carbons (Fsp3) is 0.538. The SMILES string of the molecule is OC1CCCc2ccc(OCCCF)cc21. The molecule has 2 nitrogen and oxygen atoms in total. The van der Waals surface area contributed by atoms with E-state index >= 15 is 0 Å². The Kier molecular flexibility index (Phi) is 3.78. The van der Waals surface area contributed by atoms with Gasteiger partial charge in [0, 0.05) is 6.42 Å². The maximum atomic E-state index is 11.9. The average molecular weight is 224 g/mol. The summed E-state index contributed by atoms with van der Waals surface area (Å²) in [5, 5.41) is 9.84. The molecule has 0 saturated heterocycles. The van der Waals surface area contributed by atoms with Crippen LogP contribution in [0.2, 0.25) is 0 Å². The van der Waals surface area contributed by atoms with Crippen LogP contribution in [0, 0.1) is 0 Å². The fourth-order valence-corrected chi connectivity index (χ4v) is 2.09. The van der Waals surface area contributed by atoms with Gasteiger partial charge in [0.25, 0.3) is 0 Å². The maximum absolute atomic E-state index is 11.9. The number of hydrogen-bond acceptors (Lipinski definition) is 2. The third-order valence-corrected chi connectivity index (χ3v) is 2.95. The second kappa shape index (κ2) is 5.30. The zero-order valence-corrected chi connectivity index (χ0v) is 9.29. The third kappa shape index (κ3) is 2.53. The summed E-state index contributed by atoms with van der Waals surface area (Å²) in [6.45, 7) is 0.0406. The molecule has 1 aliphatic carbocycles. The van der Waals surface area contributed by atoms with E-state index in [2.05, 4.69) is 0 Å². The largest absolute Gasteiger partial charge is 0.493 e. The standard InChI is InChI=1S/C13H17FO2/c14-7-2-8-16-11-6-5-10-3-1-4-13(15)12(10)9-11/h5-6,9,13,15H,1-4,7-8H2. The van der Waals surface area contributed by atoms with Crippen molar-refractivity contribution >= 4 is 0 Å². The van der Waals surface area contributed by atoms with E-state index in [0.717, 1.165) is 30.6 Å². The molecule has 0 aromatic heterocycles. The van der Waals surface area contributed by atoms with E-state index in [9.17, 15) is 9.50 Å². The van der Waals surface area contributed by atoms with Gasteiger partial charge in [0.05, 0.1) is 19.4 Å². The van der Waals surface area contributed by atoms with Crippen molar-refractivity contribution in [1.82, 2.24) is 0 Å². The fourth-order valence-electron chi connectivity index (χ4n) is 2.09. The van der Waals surface area contributed by atoms with Gasteiger partial charge < -0.3 is 9.84 Å². The van der Waals surface area contributed by atoms with Crippen LogP contribution < -0.4 is 4.74 Å². The Balaban J connectivity index is 2.08. The molecule has 0 fully saturated rings. The molecule has 1 unspecified atom stereocenters. The van der Waals surface area contributed by atoms with Crippen LogP contribution in [-0.4, -0.2) is 18.4 Å². The van der Waals surface area contributed by atoms with Gasteiger partial charge >= 0.3 is 0 Å². The quantitative estimate of drug-likeness (QED) is 0.797. The van der Waals surface area contributed by atoms with Crippen molar-refractivity contribution in [3.8, 4) is 5.75 Å². The minimum atomic E-state index is -0.367. The van der Waals surface area contributed by atoms with Gasteiger partial charge in [-0.25, -0.2) is 0 Å². The first-order valence-electron chi connectivity index (χ1n) is 5.81. The summed E-state index contributed by atoms with van der Waals surface area (Å²) in [5.41, 5.74) is 2.18. The van der Waals surface area contributed by atoms with Gasteiger partial charge in [0.15, 0.2) is 0 Å². The average Bonchev–Trinajstić information content (AvgIpc) is 2.30. The highest BCUT2D eigenvalue weighted by Gasteiger charge is 2.18. The normalized spacial score (nSPS) is 19.2. The van der Waals surface area contributed by atoms with Crippen molar-refractivity contribution in [2.45, 2.75) is 31.8 Å². The molecule has 0 aliphatic heterocycles. The summed E-state index contributed by atoms with van der Waals surface area (Å²) in [6, 6.07) is 5.79. The summed E-state index contributed by atoms with van der Waals surface area (Å²) in [6.07, 6.45) is 2.93. The predicted molar refractivity (Wildman–Crippen MR) is 60.4 cm³/mol. The van der Waals surface area contributed by atoms with E-state index in [1.165, 1.54) is 5.56 Å². The van der Waals surface area contributed by atoms with Gasteiger partial charge in [-0.3, -0.25) is 4.39 Å². The molecule has 0 radical (unpaired) electrons. The third-order valence-electron chi connectivity index (χ3n) is 2.95. The molecular weight excluding hydrogens is 207 g/mol. The lowest BCUT2D eigenvalue weighted by molar-refractivity contribution is 0.156. The smallest absolute Gasteiger partial charge is 0.119 e. The predicted octanol–water partition coefficient (Wildman–Crippen LogP) is 2.79. The molecule has 1 aromatic rings. The van der Waals surface area contributed by atoms with Crippen LogP contribution in [0.1, 0.15) is 36.5 Å². The number of alkyl halides is 1. The van der Waals surface area contributed by atoms with Gasteiger partial charge in [0.2, 0.25) is 0 Å². The number of fused-ring (bicyclic) bond motifs is 1. The van der Waals surface area contributed by atoms with Crippen LogP contribution in [0.3, 0.4) is 0 Å². The van der Waals surface area contributed by atoms with E-state index in [1.54, 1.807) is 0 Å². The molecular formula is C13H17FO2. The zero-order chi connectivity index (χ0) is 11.4. The van der Waals surface area contributed by atoms with Crippen molar-refractivity contribution in [1.29, 1.82) is 0 Å². The number of ether oxygens (including phenoxy) is 1. The first-order chi connectivity index (χ1) is 7.81. The molecule has 1 N–H and O–H groups in total. The molecule has 0 saturated carbocycles. The number of halogens is 1. The molecule has 16 heavy (non-hydrogen) atoms.